The largest absolute Gasteiger partial charge is 0.495 e. The smallest absolute Gasteiger partial charge is 0.156 e. The van der Waals surface area contributed by atoms with Crippen molar-refractivity contribution in [2.75, 3.05) is 52.3 Å². The second-order valence-electron chi connectivity index (χ2n) is 9.18. The molecule has 1 fully saturated rings. The average molecular weight is 556 g/mol. The first-order chi connectivity index (χ1) is 18.5. The van der Waals surface area contributed by atoms with E-state index < -0.39 is 0 Å². The van der Waals surface area contributed by atoms with E-state index in [4.69, 9.17) is 42.6 Å². The van der Waals surface area contributed by atoms with Crippen molar-refractivity contribution in [1.82, 2.24) is 29.7 Å². The van der Waals surface area contributed by atoms with E-state index in [1.807, 2.05) is 18.3 Å². The van der Waals surface area contributed by atoms with Crippen molar-refractivity contribution in [3.05, 3.63) is 57.8 Å². The first-order valence-electron chi connectivity index (χ1n) is 12.6. The molecule has 1 aliphatic rings. The lowest BCUT2D eigenvalue weighted by Crippen LogP contribution is -2.45. The number of rotatable bonds is 9. The topological polar surface area (TPSA) is 91.4 Å². The number of hydrogen-bond donors (Lipinski definition) is 2. The van der Waals surface area contributed by atoms with Gasteiger partial charge in [0.2, 0.25) is 0 Å². The van der Waals surface area contributed by atoms with E-state index >= 15 is 0 Å². The SMILES string of the molecule is CCN1CCN(Cc2ccc(-c3cc4nc(NCc5c(Cl)c(OC)cc(OC)c5Cl)cnc4[nH]3)nc2)CC1. The van der Waals surface area contributed by atoms with E-state index in [9.17, 15) is 0 Å². The van der Waals surface area contributed by atoms with Gasteiger partial charge in [-0.15, -0.1) is 0 Å². The van der Waals surface area contributed by atoms with Gasteiger partial charge in [-0.2, -0.15) is 0 Å². The van der Waals surface area contributed by atoms with Gasteiger partial charge in [-0.3, -0.25) is 9.88 Å². The molecule has 5 rings (SSSR count). The highest BCUT2D eigenvalue weighted by atomic mass is 35.5. The quantitative estimate of drug-likeness (QED) is 0.295. The van der Waals surface area contributed by atoms with Crippen LogP contribution in [0, 0.1) is 0 Å². The first kappa shape index (κ1) is 26.5. The molecule has 1 saturated heterocycles. The van der Waals surface area contributed by atoms with Gasteiger partial charge in [0.15, 0.2) is 5.65 Å². The summed E-state index contributed by atoms with van der Waals surface area (Å²) in [6, 6.07) is 7.80. The number of methoxy groups -OCH3 is 2. The van der Waals surface area contributed by atoms with E-state index in [-0.39, 0.29) is 0 Å². The molecule has 200 valence electrons. The zero-order chi connectivity index (χ0) is 26.6. The Bertz CT molecular complexity index is 1370. The molecular weight excluding hydrogens is 525 g/mol. The number of pyridine rings is 1. The standard InChI is InChI=1S/C27H31Cl2N7O2/c1-4-35-7-9-36(10-8-35)16-17-5-6-19(30-13-17)20-11-21-27(34-20)32-15-24(33-21)31-14-18-25(28)22(37-2)12-23(38-3)26(18)29/h5-6,11-13,15H,4,7-10,14,16H2,1-3H3,(H,31,33)(H,32,34). The minimum absolute atomic E-state index is 0.319. The monoisotopic (exact) mass is 555 g/mol. The second-order valence-corrected chi connectivity index (χ2v) is 9.93. The fourth-order valence-corrected chi connectivity index (χ4v) is 5.23. The van der Waals surface area contributed by atoms with Gasteiger partial charge >= 0.3 is 0 Å². The Morgan fingerprint density at radius 1 is 0.947 bits per heavy atom. The van der Waals surface area contributed by atoms with Crippen LogP contribution in [0.3, 0.4) is 0 Å². The number of likely N-dealkylation sites (N-methyl/N-ethyl adjacent to an activating group) is 1. The Kier molecular flexibility index (Phi) is 8.18. The maximum atomic E-state index is 6.50. The molecule has 11 heteroatoms. The number of nitrogens with one attached hydrogen (secondary N) is 2. The van der Waals surface area contributed by atoms with Crippen molar-refractivity contribution in [3.63, 3.8) is 0 Å². The number of H-pyrrole nitrogens is 1. The molecule has 4 aromatic rings. The van der Waals surface area contributed by atoms with E-state index in [0.29, 0.717) is 45.1 Å². The van der Waals surface area contributed by atoms with Gasteiger partial charge < -0.3 is 24.7 Å². The molecule has 0 unspecified atom stereocenters. The molecule has 0 atom stereocenters. The molecule has 2 N–H and O–H groups in total. The Morgan fingerprint density at radius 3 is 2.29 bits per heavy atom. The number of hydrogen-bond acceptors (Lipinski definition) is 8. The van der Waals surface area contributed by atoms with Crippen LogP contribution in [0.25, 0.3) is 22.6 Å². The van der Waals surface area contributed by atoms with Crippen molar-refractivity contribution in [2.24, 2.45) is 0 Å². The summed E-state index contributed by atoms with van der Waals surface area (Å²) >= 11 is 13.0. The van der Waals surface area contributed by atoms with Crippen LogP contribution in [0.4, 0.5) is 5.82 Å². The third-order valence-electron chi connectivity index (χ3n) is 6.86. The Balaban J connectivity index is 1.27. The van der Waals surface area contributed by atoms with Gasteiger partial charge in [-0.1, -0.05) is 36.2 Å². The van der Waals surface area contributed by atoms with Crippen LogP contribution in [-0.4, -0.2) is 76.7 Å². The number of ether oxygens (including phenoxy) is 2. The Labute approximate surface area is 232 Å². The van der Waals surface area contributed by atoms with E-state index in [2.05, 4.69) is 38.1 Å². The zero-order valence-corrected chi connectivity index (χ0v) is 23.2. The van der Waals surface area contributed by atoms with Gasteiger partial charge in [0.25, 0.3) is 0 Å². The van der Waals surface area contributed by atoms with Crippen LogP contribution in [0.2, 0.25) is 10.0 Å². The van der Waals surface area contributed by atoms with Crippen LogP contribution >= 0.6 is 23.2 Å². The van der Waals surface area contributed by atoms with Crippen molar-refractivity contribution < 1.29 is 9.47 Å². The predicted octanol–water partition coefficient (Wildman–Crippen LogP) is 5.09. The number of nitrogens with zero attached hydrogens (tertiary/aromatic N) is 5. The molecule has 0 aliphatic carbocycles. The van der Waals surface area contributed by atoms with Gasteiger partial charge in [0.1, 0.15) is 22.8 Å². The molecule has 0 amide bonds. The minimum atomic E-state index is 0.319. The number of halogens is 2. The number of aromatic amines is 1. The summed E-state index contributed by atoms with van der Waals surface area (Å²) in [6.45, 7) is 9.02. The number of fused-ring (bicyclic) bond motifs is 1. The lowest BCUT2D eigenvalue weighted by atomic mass is 10.2. The second kappa shape index (κ2) is 11.7. The fraction of sp³-hybridized carbons (Fsp3) is 0.370. The number of aromatic nitrogens is 4. The summed E-state index contributed by atoms with van der Waals surface area (Å²) < 4.78 is 10.7. The molecule has 1 aromatic carbocycles. The molecule has 0 spiro atoms. The molecular formula is C27H31Cl2N7O2. The molecule has 4 heterocycles. The predicted molar refractivity (Wildman–Crippen MR) is 151 cm³/mol. The number of anilines is 1. The van der Waals surface area contributed by atoms with Crippen molar-refractivity contribution in [2.45, 2.75) is 20.0 Å². The highest BCUT2D eigenvalue weighted by molar-refractivity contribution is 6.37. The highest BCUT2D eigenvalue weighted by Gasteiger charge is 2.18. The maximum absolute atomic E-state index is 6.50. The maximum Gasteiger partial charge on any atom is 0.156 e. The first-order valence-corrected chi connectivity index (χ1v) is 13.3. The summed E-state index contributed by atoms with van der Waals surface area (Å²) in [4.78, 5) is 22.2. The van der Waals surface area contributed by atoms with E-state index in [1.165, 1.54) is 5.56 Å². The molecule has 0 bridgehead atoms. The van der Waals surface area contributed by atoms with E-state index in [0.717, 1.165) is 56.2 Å². The summed E-state index contributed by atoms with van der Waals surface area (Å²) in [5.41, 5.74) is 4.99. The number of benzene rings is 1. The third kappa shape index (κ3) is 5.66. The van der Waals surface area contributed by atoms with Crippen LogP contribution in [-0.2, 0) is 13.1 Å². The molecule has 0 radical (unpaired) electrons. The summed E-state index contributed by atoms with van der Waals surface area (Å²) in [6.07, 6.45) is 3.62. The van der Waals surface area contributed by atoms with Crippen molar-refractivity contribution in [3.8, 4) is 22.9 Å². The fourth-order valence-electron chi connectivity index (χ4n) is 4.59. The Hall–Kier alpha value is -3.11. The third-order valence-corrected chi connectivity index (χ3v) is 7.69. The average Bonchev–Trinajstić information content (AvgIpc) is 3.37. The highest BCUT2D eigenvalue weighted by Crippen LogP contribution is 2.40. The van der Waals surface area contributed by atoms with Crippen LogP contribution in [0.5, 0.6) is 11.5 Å². The van der Waals surface area contributed by atoms with E-state index in [1.54, 1.807) is 26.5 Å². The summed E-state index contributed by atoms with van der Waals surface area (Å²) in [7, 11) is 3.09. The van der Waals surface area contributed by atoms with Gasteiger partial charge in [0, 0.05) is 57.1 Å². The Morgan fingerprint density at radius 2 is 1.66 bits per heavy atom. The summed E-state index contributed by atoms with van der Waals surface area (Å²) in [5, 5.41) is 4.08. The minimum Gasteiger partial charge on any atom is -0.495 e. The molecule has 0 saturated carbocycles. The molecule has 38 heavy (non-hydrogen) atoms. The normalized spacial score (nSPS) is 14.7. The van der Waals surface area contributed by atoms with Gasteiger partial charge in [0.05, 0.1) is 41.8 Å². The van der Waals surface area contributed by atoms with Crippen molar-refractivity contribution in [1.29, 1.82) is 0 Å². The summed E-state index contributed by atoms with van der Waals surface area (Å²) in [5.74, 6) is 1.56. The lowest BCUT2D eigenvalue weighted by molar-refractivity contribution is 0.132. The van der Waals surface area contributed by atoms with Crippen LogP contribution < -0.4 is 14.8 Å². The van der Waals surface area contributed by atoms with Crippen LogP contribution in [0.1, 0.15) is 18.1 Å². The van der Waals surface area contributed by atoms with Gasteiger partial charge in [-0.05, 0) is 24.2 Å². The van der Waals surface area contributed by atoms with Crippen molar-refractivity contribution >= 4 is 40.2 Å². The number of piperazine rings is 1. The molecule has 9 nitrogen and oxygen atoms in total. The molecule has 3 aromatic heterocycles. The molecule has 1 aliphatic heterocycles. The van der Waals surface area contributed by atoms with Crippen LogP contribution in [0.15, 0.2) is 36.7 Å². The van der Waals surface area contributed by atoms with Gasteiger partial charge in [-0.25, -0.2) is 9.97 Å². The zero-order valence-electron chi connectivity index (χ0n) is 21.7. The lowest BCUT2D eigenvalue weighted by Gasteiger charge is -2.33.